The Kier molecular flexibility index (Phi) is 3.06. The van der Waals surface area contributed by atoms with Crippen LogP contribution < -0.4 is 10.5 Å². The van der Waals surface area contributed by atoms with Gasteiger partial charge in [0.05, 0.1) is 11.0 Å². The van der Waals surface area contributed by atoms with Crippen LogP contribution in [0.3, 0.4) is 0 Å². The van der Waals surface area contributed by atoms with Crippen molar-refractivity contribution in [3.8, 4) is 6.07 Å². The smallest absolute Gasteiger partial charge is 0.238 e. The molecule has 0 fully saturated rings. The first-order chi connectivity index (χ1) is 6.54. The van der Waals surface area contributed by atoms with Crippen LogP contribution in [0, 0.1) is 11.3 Å². The maximum absolute atomic E-state index is 10.9. The first-order valence-electron chi connectivity index (χ1n) is 3.78. The van der Waals surface area contributed by atoms with E-state index in [0.717, 1.165) is 0 Å². The van der Waals surface area contributed by atoms with E-state index in [1.54, 1.807) is 12.1 Å². The summed E-state index contributed by atoms with van der Waals surface area (Å²) in [7, 11) is -3.63. The summed E-state index contributed by atoms with van der Waals surface area (Å²) in [5, 5.41) is 16.0. The van der Waals surface area contributed by atoms with Crippen molar-refractivity contribution < 1.29 is 8.42 Å². The Balaban J connectivity index is 2.86. The Morgan fingerprint density at radius 2 is 1.93 bits per heavy atom. The molecule has 0 heterocycles. The molecular weight excluding hydrogens is 202 g/mol. The third-order valence-corrected chi connectivity index (χ3v) is 2.48. The quantitative estimate of drug-likeness (QED) is 0.701. The Morgan fingerprint density at radius 1 is 1.36 bits per heavy atom. The number of hydrogen-bond donors (Lipinski definition) is 2. The van der Waals surface area contributed by atoms with Gasteiger partial charge in [-0.15, -0.1) is 0 Å². The van der Waals surface area contributed by atoms with E-state index in [4.69, 9.17) is 10.4 Å². The van der Waals surface area contributed by atoms with E-state index in [0.29, 0.717) is 5.69 Å². The van der Waals surface area contributed by atoms with Crippen molar-refractivity contribution in [2.45, 2.75) is 4.90 Å². The van der Waals surface area contributed by atoms with Gasteiger partial charge >= 0.3 is 0 Å². The maximum atomic E-state index is 10.9. The van der Waals surface area contributed by atoms with E-state index in [9.17, 15) is 8.42 Å². The van der Waals surface area contributed by atoms with Gasteiger partial charge in [-0.3, -0.25) is 0 Å². The Morgan fingerprint density at radius 3 is 2.36 bits per heavy atom. The summed E-state index contributed by atoms with van der Waals surface area (Å²) in [6.07, 6.45) is 0. The van der Waals surface area contributed by atoms with Crippen LogP contribution >= 0.6 is 0 Å². The molecule has 0 aromatic heterocycles. The van der Waals surface area contributed by atoms with E-state index in [1.165, 1.54) is 12.1 Å². The van der Waals surface area contributed by atoms with Crippen LogP contribution in [0.2, 0.25) is 0 Å². The molecule has 0 saturated carbocycles. The highest BCUT2D eigenvalue weighted by atomic mass is 32.2. The van der Waals surface area contributed by atoms with Crippen LogP contribution in [-0.2, 0) is 10.0 Å². The van der Waals surface area contributed by atoms with Gasteiger partial charge in [0.1, 0.15) is 6.54 Å². The van der Waals surface area contributed by atoms with Crippen LogP contribution in [0.1, 0.15) is 0 Å². The summed E-state index contributed by atoms with van der Waals surface area (Å²) in [5.74, 6) is 0. The second-order valence-electron chi connectivity index (χ2n) is 2.58. The molecule has 0 saturated heterocycles. The molecule has 0 radical (unpaired) electrons. The molecule has 74 valence electrons. The molecule has 0 aliphatic carbocycles. The fourth-order valence-corrected chi connectivity index (χ4v) is 1.42. The molecule has 1 aromatic rings. The first-order valence-corrected chi connectivity index (χ1v) is 5.32. The monoisotopic (exact) mass is 211 g/mol. The lowest BCUT2D eigenvalue weighted by atomic mass is 10.3. The molecule has 0 spiro atoms. The molecule has 0 aliphatic heterocycles. The summed E-state index contributed by atoms with van der Waals surface area (Å²) in [5.41, 5.74) is 0.680. The molecule has 0 atom stereocenters. The molecular formula is C8H9N3O2S. The largest absolute Gasteiger partial charge is 0.372 e. The second-order valence-corrected chi connectivity index (χ2v) is 4.14. The van der Waals surface area contributed by atoms with Gasteiger partial charge in [-0.1, -0.05) is 0 Å². The summed E-state index contributed by atoms with van der Waals surface area (Å²) in [6, 6.07) is 7.78. The molecule has 0 aliphatic rings. The van der Waals surface area contributed by atoms with Crippen molar-refractivity contribution in [2.24, 2.45) is 5.14 Å². The van der Waals surface area contributed by atoms with Crippen LogP contribution in [0.15, 0.2) is 29.2 Å². The minimum Gasteiger partial charge on any atom is -0.372 e. The standard InChI is InChI=1S/C8H9N3O2S/c9-5-6-11-7-1-3-8(4-2-7)14(10,12)13/h1-4,11H,6H2,(H2,10,12,13). The summed E-state index contributed by atoms with van der Waals surface area (Å²) >= 11 is 0. The zero-order chi connectivity index (χ0) is 10.6. The Bertz CT molecular complexity index is 444. The minimum absolute atomic E-state index is 0.0556. The number of benzene rings is 1. The zero-order valence-electron chi connectivity index (χ0n) is 7.27. The first kappa shape index (κ1) is 10.5. The fraction of sp³-hybridized carbons (Fsp3) is 0.125. The number of rotatable bonds is 3. The van der Waals surface area contributed by atoms with E-state index in [2.05, 4.69) is 5.32 Å². The highest BCUT2D eigenvalue weighted by Gasteiger charge is 2.05. The van der Waals surface area contributed by atoms with Crippen LogP contribution in [0.4, 0.5) is 5.69 Å². The lowest BCUT2D eigenvalue weighted by molar-refractivity contribution is 0.598. The van der Waals surface area contributed by atoms with Crippen LogP contribution in [-0.4, -0.2) is 15.0 Å². The van der Waals surface area contributed by atoms with E-state index in [-0.39, 0.29) is 11.4 Å². The normalized spacial score (nSPS) is 10.6. The third-order valence-electron chi connectivity index (χ3n) is 1.55. The molecule has 6 heteroatoms. The molecule has 3 N–H and O–H groups in total. The molecule has 14 heavy (non-hydrogen) atoms. The number of primary sulfonamides is 1. The average molecular weight is 211 g/mol. The number of nitriles is 1. The number of hydrogen-bond acceptors (Lipinski definition) is 4. The van der Waals surface area contributed by atoms with E-state index >= 15 is 0 Å². The van der Waals surface area contributed by atoms with Gasteiger partial charge in [-0.2, -0.15) is 5.26 Å². The third kappa shape index (κ3) is 2.73. The lowest BCUT2D eigenvalue weighted by Crippen LogP contribution is -2.12. The fourth-order valence-electron chi connectivity index (χ4n) is 0.904. The highest BCUT2D eigenvalue weighted by Crippen LogP contribution is 2.11. The second kappa shape index (κ2) is 4.09. The number of nitrogens with two attached hydrogens (primary N) is 1. The molecule has 1 aromatic carbocycles. The summed E-state index contributed by atoms with van der Waals surface area (Å²) < 4.78 is 21.7. The molecule has 5 nitrogen and oxygen atoms in total. The molecule has 0 bridgehead atoms. The average Bonchev–Trinajstić information content (AvgIpc) is 2.14. The van der Waals surface area contributed by atoms with Gasteiger partial charge in [0.25, 0.3) is 0 Å². The maximum Gasteiger partial charge on any atom is 0.238 e. The number of sulfonamides is 1. The molecule has 0 amide bonds. The lowest BCUT2D eigenvalue weighted by Gasteiger charge is -2.02. The molecule has 0 unspecified atom stereocenters. The summed E-state index contributed by atoms with van der Waals surface area (Å²) in [6.45, 7) is 0.175. The molecule has 1 rings (SSSR count). The van der Waals surface area contributed by atoms with Gasteiger partial charge in [0, 0.05) is 5.69 Å². The van der Waals surface area contributed by atoms with Crippen molar-refractivity contribution in [1.29, 1.82) is 5.26 Å². The Hall–Kier alpha value is -1.58. The van der Waals surface area contributed by atoms with Gasteiger partial charge < -0.3 is 5.32 Å². The predicted octanol–water partition coefficient (Wildman–Crippen LogP) is 0.269. The van der Waals surface area contributed by atoms with Crippen molar-refractivity contribution in [2.75, 3.05) is 11.9 Å². The minimum atomic E-state index is -3.63. The van der Waals surface area contributed by atoms with Gasteiger partial charge in [-0.25, -0.2) is 13.6 Å². The zero-order valence-corrected chi connectivity index (χ0v) is 8.08. The van der Waals surface area contributed by atoms with Crippen LogP contribution in [0.5, 0.6) is 0 Å². The van der Waals surface area contributed by atoms with Gasteiger partial charge in [0.2, 0.25) is 10.0 Å². The Labute approximate surface area is 82.2 Å². The van der Waals surface area contributed by atoms with Gasteiger partial charge in [-0.05, 0) is 24.3 Å². The number of nitrogens with one attached hydrogen (secondary N) is 1. The van der Waals surface area contributed by atoms with Crippen LogP contribution in [0.25, 0.3) is 0 Å². The van der Waals surface area contributed by atoms with E-state index < -0.39 is 10.0 Å². The number of nitrogens with zero attached hydrogens (tertiary/aromatic N) is 1. The summed E-state index contributed by atoms with van der Waals surface area (Å²) in [4.78, 5) is 0.0556. The van der Waals surface area contributed by atoms with Crippen molar-refractivity contribution in [1.82, 2.24) is 0 Å². The topological polar surface area (TPSA) is 96.0 Å². The van der Waals surface area contributed by atoms with E-state index in [1.807, 2.05) is 6.07 Å². The van der Waals surface area contributed by atoms with Crippen molar-refractivity contribution >= 4 is 15.7 Å². The van der Waals surface area contributed by atoms with Gasteiger partial charge in [0.15, 0.2) is 0 Å². The van der Waals surface area contributed by atoms with Crippen molar-refractivity contribution in [3.05, 3.63) is 24.3 Å². The van der Waals surface area contributed by atoms with Crippen molar-refractivity contribution in [3.63, 3.8) is 0 Å². The SMILES string of the molecule is N#CCNc1ccc(S(N)(=O)=O)cc1. The number of anilines is 1. The predicted molar refractivity (Wildman–Crippen MR) is 51.9 cm³/mol. The highest BCUT2D eigenvalue weighted by molar-refractivity contribution is 7.89.